The molecule has 22 heavy (non-hydrogen) atoms. The number of fused-ring (bicyclic) bond motifs is 1. The number of nitrogens with one attached hydrogen (secondary N) is 1. The van der Waals surface area contributed by atoms with Gasteiger partial charge in [-0.25, -0.2) is 4.98 Å². The minimum absolute atomic E-state index is 0.0399. The minimum Gasteiger partial charge on any atom is -0.452 e. The number of esters is 1. The Morgan fingerprint density at radius 2 is 2.18 bits per heavy atom. The molecule has 1 atom stereocenters. The number of rotatable bonds is 7. The van der Waals surface area contributed by atoms with Crippen molar-refractivity contribution in [2.75, 3.05) is 12.3 Å². The zero-order valence-corrected chi connectivity index (χ0v) is 13.3. The standard InChI is InChI=1S/C15H18N2O4S/c1-3-8-16-14(19)10(2)20-13(18)9-22-15-17-11-6-4-5-7-12(11)21-15/h4-7,10H,3,8-9H2,1-2H3,(H,16,19)/t10-/m1/s1. The summed E-state index contributed by atoms with van der Waals surface area (Å²) in [7, 11) is 0. The van der Waals surface area contributed by atoms with Crippen LogP contribution in [0.1, 0.15) is 20.3 Å². The normalized spacial score (nSPS) is 12.1. The van der Waals surface area contributed by atoms with E-state index in [2.05, 4.69) is 10.3 Å². The van der Waals surface area contributed by atoms with Crippen molar-refractivity contribution in [3.63, 3.8) is 0 Å². The number of hydrogen-bond acceptors (Lipinski definition) is 6. The molecule has 1 aromatic carbocycles. The van der Waals surface area contributed by atoms with E-state index in [0.717, 1.165) is 23.7 Å². The number of oxazole rings is 1. The van der Waals surface area contributed by atoms with Gasteiger partial charge in [-0.1, -0.05) is 30.8 Å². The first-order chi connectivity index (χ1) is 10.6. The summed E-state index contributed by atoms with van der Waals surface area (Å²) < 4.78 is 10.6. The van der Waals surface area contributed by atoms with Gasteiger partial charge in [0.25, 0.3) is 11.1 Å². The Morgan fingerprint density at radius 1 is 1.41 bits per heavy atom. The van der Waals surface area contributed by atoms with Gasteiger partial charge in [0.2, 0.25) is 0 Å². The second-order valence-corrected chi connectivity index (χ2v) is 5.59. The summed E-state index contributed by atoms with van der Waals surface area (Å²) in [4.78, 5) is 27.6. The Labute approximate surface area is 132 Å². The molecule has 6 nitrogen and oxygen atoms in total. The van der Waals surface area contributed by atoms with E-state index >= 15 is 0 Å². The number of aromatic nitrogens is 1. The zero-order valence-electron chi connectivity index (χ0n) is 12.5. The van der Waals surface area contributed by atoms with E-state index in [1.165, 1.54) is 0 Å². The van der Waals surface area contributed by atoms with Crippen LogP contribution in [-0.2, 0) is 14.3 Å². The number of carbonyl (C=O) groups excluding carboxylic acids is 2. The number of ether oxygens (including phenoxy) is 1. The van der Waals surface area contributed by atoms with Crippen molar-refractivity contribution in [2.24, 2.45) is 0 Å². The quantitative estimate of drug-likeness (QED) is 0.622. The molecule has 2 aromatic rings. The highest BCUT2D eigenvalue weighted by Gasteiger charge is 2.18. The van der Waals surface area contributed by atoms with Crippen LogP contribution in [0.5, 0.6) is 0 Å². The molecule has 1 N–H and O–H groups in total. The first kappa shape index (κ1) is 16.4. The number of hydrogen-bond donors (Lipinski definition) is 1. The molecule has 0 fully saturated rings. The predicted molar refractivity (Wildman–Crippen MR) is 83.6 cm³/mol. The van der Waals surface area contributed by atoms with Crippen LogP contribution in [0.2, 0.25) is 0 Å². The highest BCUT2D eigenvalue weighted by atomic mass is 32.2. The summed E-state index contributed by atoms with van der Waals surface area (Å²) in [5.41, 5.74) is 1.41. The molecule has 7 heteroatoms. The first-order valence-corrected chi connectivity index (χ1v) is 8.04. The molecule has 1 heterocycles. The van der Waals surface area contributed by atoms with Gasteiger partial charge in [0, 0.05) is 6.54 Å². The Hall–Kier alpha value is -2.02. The van der Waals surface area contributed by atoms with E-state index in [1.54, 1.807) is 6.92 Å². The smallest absolute Gasteiger partial charge is 0.317 e. The number of carbonyl (C=O) groups is 2. The lowest BCUT2D eigenvalue weighted by Gasteiger charge is -2.12. The van der Waals surface area contributed by atoms with E-state index in [1.807, 2.05) is 31.2 Å². The summed E-state index contributed by atoms with van der Waals surface area (Å²) in [6, 6.07) is 7.36. The summed E-state index contributed by atoms with van der Waals surface area (Å²) in [5.74, 6) is -0.730. The maximum Gasteiger partial charge on any atom is 0.317 e. The molecule has 0 unspecified atom stereocenters. The van der Waals surface area contributed by atoms with Crippen LogP contribution in [0.3, 0.4) is 0 Å². The molecule has 2 rings (SSSR count). The summed E-state index contributed by atoms with van der Waals surface area (Å²) >= 11 is 1.14. The van der Waals surface area contributed by atoms with Crippen LogP contribution >= 0.6 is 11.8 Å². The fourth-order valence-corrected chi connectivity index (χ4v) is 2.33. The van der Waals surface area contributed by atoms with Crippen molar-refractivity contribution in [3.05, 3.63) is 24.3 Å². The lowest BCUT2D eigenvalue weighted by Crippen LogP contribution is -2.36. The van der Waals surface area contributed by atoms with Crippen molar-refractivity contribution in [1.82, 2.24) is 10.3 Å². The SMILES string of the molecule is CCCNC(=O)[C@@H](C)OC(=O)CSc1nc2ccccc2o1. The second-order valence-electron chi connectivity index (χ2n) is 4.66. The third-order valence-electron chi connectivity index (χ3n) is 2.81. The molecule has 1 aromatic heterocycles. The molecular formula is C15H18N2O4S. The lowest BCUT2D eigenvalue weighted by atomic mass is 10.3. The largest absolute Gasteiger partial charge is 0.452 e. The molecule has 0 spiro atoms. The molecule has 118 valence electrons. The van der Waals surface area contributed by atoms with Crippen molar-refractivity contribution in [3.8, 4) is 0 Å². The average Bonchev–Trinajstić information content (AvgIpc) is 2.93. The van der Waals surface area contributed by atoms with Gasteiger partial charge in [-0.15, -0.1) is 0 Å². The van der Waals surface area contributed by atoms with E-state index in [-0.39, 0.29) is 11.7 Å². The van der Waals surface area contributed by atoms with Gasteiger partial charge in [-0.05, 0) is 25.5 Å². The van der Waals surface area contributed by atoms with E-state index in [0.29, 0.717) is 17.4 Å². The number of nitrogens with zero attached hydrogens (tertiary/aromatic N) is 1. The van der Waals surface area contributed by atoms with Crippen LogP contribution in [0.15, 0.2) is 33.9 Å². The van der Waals surface area contributed by atoms with Crippen LogP contribution in [0, 0.1) is 0 Å². The highest BCUT2D eigenvalue weighted by Crippen LogP contribution is 2.23. The predicted octanol–water partition coefficient (Wildman–Crippen LogP) is 2.38. The summed E-state index contributed by atoms with van der Waals surface area (Å²) in [6.45, 7) is 4.07. The number of para-hydroxylation sites is 2. The highest BCUT2D eigenvalue weighted by molar-refractivity contribution is 7.99. The average molecular weight is 322 g/mol. The van der Waals surface area contributed by atoms with Gasteiger partial charge < -0.3 is 14.5 Å². The number of amides is 1. The van der Waals surface area contributed by atoms with Crippen molar-refractivity contribution >= 4 is 34.7 Å². The molecular weight excluding hydrogens is 304 g/mol. The maximum absolute atomic E-state index is 11.7. The van der Waals surface area contributed by atoms with E-state index in [4.69, 9.17) is 9.15 Å². The molecule has 0 saturated carbocycles. The number of thioether (sulfide) groups is 1. The molecule has 0 aliphatic rings. The lowest BCUT2D eigenvalue weighted by molar-refractivity contribution is -0.152. The van der Waals surface area contributed by atoms with Crippen LogP contribution in [-0.4, -0.2) is 35.3 Å². The van der Waals surface area contributed by atoms with E-state index < -0.39 is 12.1 Å². The zero-order chi connectivity index (χ0) is 15.9. The van der Waals surface area contributed by atoms with Crippen LogP contribution in [0.25, 0.3) is 11.1 Å². The first-order valence-electron chi connectivity index (χ1n) is 7.05. The molecule has 0 saturated heterocycles. The van der Waals surface area contributed by atoms with Crippen molar-refractivity contribution in [2.45, 2.75) is 31.6 Å². The monoisotopic (exact) mass is 322 g/mol. The molecule has 0 aliphatic carbocycles. The Bertz CT molecular complexity index is 623. The fourth-order valence-electron chi connectivity index (χ4n) is 1.71. The Balaban J connectivity index is 1.81. The van der Waals surface area contributed by atoms with E-state index in [9.17, 15) is 9.59 Å². The van der Waals surface area contributed by atoms with Gasteiger partial charge in [0.15, 0.2) is 11.7 Å². The summed E-state index contributed by atoms with van der Waals surface area (Å²) in [5, 5.41) is 3.08. The minimum atomic E-state index is -0.803. The van der Waals surface area contributed by atoms with Crippen LogP contribution < -0.4 is 5.32 Å². The summed E-state index contributed by atoms with van der Waals surface area (Å²) in [6.07, 6.45) is 0.0308. The molecule has 0 aliphatic heterocycles. The van der Waals surface area contributed by atoms with Gasteiger partial charge >= 0.3 is 5.97 Å². The third-order valence-corrected chi connectivity index (χ3v) is 3.62. The van der Waals surface area contributed by atoms with Gasteiger partial charge in [-0.2, -0.15) is 0 Å². The van der Waals surface area contributed by atoms with Crippen molar-refractivity contribution < 1.29 is 18.7 Å². The second kappa shape index (κ2) is 7.84. The molecule has 0 bridgehead atoms. The molecule has 0 radical (unpaired) electrons. The maximum atomic E-state index is 11.7. The van der Waals surface area contributed by atoms with Crippen LogP contribution in [0.4, 0.5) is 0 Å². The number of benzene rings is 1. The topological polar surface area (TPSA) is 81.4 Å². The fraction of sp³-hybridized carbons (Fsp3) is 0.400. The molecule has 1 amide bonds. The van der Waals surface area contributed by atoms with Crippen molar-refractivity contribution in [1.29, 1.82) is 0 Å². The van der Waals surface area contributed by atoms with Gasteiger partial charge in [0.05, 0.1) is 0 Å². The Kier molecular flexibility index (Phi) is 5.83. The van der Waals surface area contributed by atoms with Gasteiger partial charge in [0.1, 0.15) is 11.3 Å². The third kappa shape index (κ3) is 4.49. The Morgan fingerprint density at radius 3 is 2.91 bits per heavy atom. The van der Waals surface area contributed by atoms with Gasteiger partial charge in [-0.3, -0.25) is 9.59 Å².